The second-order valence-corrected chi connectivity index (χ2v) is 7.44. The van der Waals surface area contributed by atoms with Crippen LogP contribution in [-0.4, -0.2) is 11.2 Å². The van der Waals surface area contributed by atoms with Gasteiger partial charge in [0.1, 0.15) is 5.37 Å². The summed E-state index contributed by atoms with van der Waals surface area (Å²) in [5.41, 5.74) is 1.89. The van der Waals surface area contributed by atoms with Gasteiger partial charge in [0, 0.05) is 10.8 Å². The van der Waals surface area contributed by atoms with Crippen LogP contribution >= 0.6 is 11.8 Å². The number of carbonyl (C=O) groups excluding carboxylic acids is 1. The van der Waals surface area contributed by atoms with E-state index in [1.165, 1.54) is 37.7 Å². The van der Waals surface area contributed by atoms with Crippen molar-refractivity contribution in [3.8, 4) is 0 Å². The molecular weight excluding hydrogens is 302 g/mol. The molecule has 2 aromatic carbocycles. The van der Waals surface area contributed by atoms with Gasteiger partial charge in [-0.15, -0.1) is 11.8 Å². The molecule has 0 radical (unpaired) electrons. The zero-order valence-corrected chi connectivity index (χ0v) is 14.1. The summed E-state index contributed by atoms with van der Waals surface area (Å²) in [6.45, 7) is 0. The standard InChI is InChI=1S/C20H23NOS/c22-19(16-10-4-1-5-11-16)21-20(17-12-6-2-7-13-17)23-18-14-8-3-9-15-18/h1-2,4-7,10-13,18,20H,3,8-9,14-15H2,(H,21,22)/t20-/m1/s1. The highest BCUT2D eigenvalue weighted by atomic mass is 32.2. The maximum absolute atomic E-state index is 12.5. The van der Waals surface area contributed by atoms with E-state index in [1.807, 2.05) is 60.3 Å². The van der Waals surface area contributed by atoms with Gasteiger partial charge in [0.05, 0.1) is 0 Å². The first-order valence-corrected chi connectivity index (χ1v) is 9.33. The first-order valence-electron chi connectivity index (χ1n) is 8.39. The normalized spacial score (nSPS) is 16.7. The van der Waals surface area contributed by atoms with E-state index in [0.717, 1.165) is 5.56 Å². The third-order valence-corrected chi connectivity index (χ3v) is 5.80. The average molecular weight is 325 g/mol. The minimum absolute atomic E-state index is 0.00256. The molecule has 0 aliphatic heterocycles. The molecule has 2 nitrogen and oxygen atoms in total. The summed E-state index contributed by atoms with van der Waals surface area (Å²) in [5.74, 6) is 0.00256. The zero-order chi connectivity index (χ0) is 15.9. The Balaban J connectivity index is 1.73. The van der Waals surface area contributed by atoms with Gasteiger partial charge in [-0.2, -0.15) is 0 Å². The Bertz CT molecular complexity index is 608. The van der Waals surface area contributed by atoms with Crippen LogP contribution in [0.4, 0.5) is 0 Å². The lowest BCUT2D eigenvalue weighted by Gasteiger charge is -2.27. The van der Waals surface area contributed by atoms with Crippen molar-refractivity contribution >= 4 is 17.7 Å². The van der Waals surface area contributed by atoms with Crippen LogP contribution in [-0.2, 0) is 0 Å². The molecule has 1 N–H and O–H groups in total. The molecule has 1 aliphatic carbocycles. The Hall–Kier alpha value is -1.74. The molecule has 3 rings (SSSR count). The summed E-state index contributed by atoms with van der Waals surface area (Å²) >= 11 is 1.91. The molecule has 2 aromatic rings. The van der Waals surface area contributed by atoms with Gasteiger partial charge in [-0.25, -0.2) is 0 Å². The lowest BCUT2D eigenvalue weighted by molar-refractivity contribution is 0.0949. The van der Waals surface area contributed by atoms with Crippen molar-refractivity contribution in [1.82, 2.24) is 5.32 Å². The second-order valence-electron chi connectivity index (χ2n) is 6.03. The Labute approximate surface area is 142 Å². The third-order valence-electron chi connectivity index (χ3n) is 4.28. The molecular formula is C20H23NOS. The molecule has 23 heavy (non-hydrogen) atoms. The zero-order valence-electron chi connectivity index (χ0n) is 13.3. The molecule has 0 aromatic heterocycles. The van der Waals surface area contributed by atoms with E-state index in [-0.39, 0.29) is 11.3 Å². The summed E-state index contributed by atoms with van der Waals surface area (Å²) < 4.78 is 0. The molecule has 0 unspecified atom stereocenters. The highest BCUT2D eigenvalue weighted by molar-refractivity contribution is 8.00. The predicted octanol–water partition coefficient (Wildman–Crippen LogP) is 5.18. The van der Waals surface area contributed by atoms with Crippen molar-refractivity contribution in [3.63, 3.8) is 0 Å². The van der Waals surface area contributed by atoms with E-state index in [4.69, 9.17) is 0 Å². The molecule has 1 saturated carbocycles. The van der Waals surface area contributed by atoms with Gasteiger partial charge >= 0.3 is 0 Å². The van der Waals surface area contributed by atoms with E-state index >= 15 is 0 Å². The van der Waals surface area contributed by atoms with E-state index in [9.17, 15) is 4.79 Å². The van der Waals surface area contributed by atoms with Gasteiger partial charge in [0.25, 0.3) is 5.91 Å². The van der Waals surface area contributed by atoms with Crippen LogP contribution in [0.3, 0.4) is 0 Å². The van der Waals surface area contributed by atoms with Crippen LogP contribution in [0.1, 0.15) is 53.4 Å². The van der Waals surface area contributed by atoms with Gasteiger partial charge in [-0.05, 0) is 30.5 Å². The molecule has 1 aliphatic rings. The van der Waals surface area contributed by atoms with Crippen LogP contribution < -0.4 is 5.32 Å². The van der Waals surface area contributed by atoms with Gasteiger partial charge < -0.3 is 5.32 Å². The van der Waals surface area contributed by atoms with Gasteiger partial charge in [-0.3, -0.25) is 4.79 Å². The van der Waals surface area contributed by atoms with Crippen LogP contribution in [0.25, 0.3) is 0 Å². The molecule has 0 heterocycles. The van der Waals surface area contributed by atoms with Gasteiger partial charge in [-0.1, -0.05) is 67.8 Å². The maximum atomic E-state index is 12.5. The lowest BCUT2D eigenvalue weighted by Crippen LogP contribution is -2.28. The molecule has 0 saturated heterocycles. The smallest absolute Gasteiger partial charge is 0.252 e. The van der Waals surface area contributed by atoms with E-state index in [1.54, 1.807) is 0 Å². The first-order chi connectivity index (χ1) is 11.3. The molecule has 1 fully saturated rings. The van der Waals surface area contributed by atoms with Crippen molar-refractivity contribution in [3.05, 3.63) is 71.8 Å². The number of thioether (sulfide) groups is 1. The molecule has 3 heteroatoms. The van der Waals surface area contributed by atoms with Crippen LogP contribution in [0.15, 0.2) is 60.7 Å². The van der Waals surface area contributed by atoms with E-state index < -0.39 is 0 Å². The second kappa shape index (κ2) is 8.21. The monoisotopic (exact) mass is 325 g/mol. The Kier molecular flexibility index (Phi) is 5.76. The highest BCUT2D eigenvalue weighted by Gasteiger charge is 2.22. The summed E-state index contributed by atoms with van der Waals surface area (Å²) in [7, 11) is 0. The predicted molar refractivity (Wildman–Crippen MR) is 97.6 cm³/mol. The number of benzene rings is 2. The van der Waals surface area contributed by atoms with Crippen LogP contribution in [0.5, 0.6) is 0 Å². The first kappa shape index (κ1) is 16.1. The number of rotatable bonds is 5. The quantitative estimate of drug-likeness (QED) is 0.767. The Morgan fingerprint density at radius 1 is 0.913 bits per heavy atom. The minimum atomic E-state index is 0.00256. The number of hydrogen-bond acceptors (Lipinski definition) is 2. The molecule has 1 atom stereocenters. The van der Waals surface area contributed by atoms with Crippen molar-refractivity contribution < 1.29 is 4.79 Å². The van der Waals surface area contributed by atoms with Gasteiger partial charge in [0.2, 0.25) is 0 Å². The summed E-state index contributed by atoms with van der Waals surface area (Å²) in [4.78, 5) is 12.5. The lowest BCUT2D eigenvalue weighted by atomic mass is 10.0. The van der Waals surface area contributed by atoms with Crippen molar-refractivity contribution in [1.29, 1.82) is 0 Å². The Morgan fingerprint density at radius 2 is 1.52 bits per heavy atom. The average Bonchev–Trinajstić information content (AvgIpc) is 2.63. The molecule has 120 valence electrons. The fourth-order valence-corrected chi connectivity index (χ4v) is 4.49. The summed E-state index contributed by atoms with van der Waals surface area (Å²) in [6, 6.07) is 19.8. The van der Waals surface area contributed by atoms with Crippen molar-refractivity contribution in [2.75, 3.05) is 0 Å². The fourth-order valence-electron chi connectivity index (χ4n) is 3.01. The molecule has 1 amide bonds. The fraction of sp³-hybridized carbons (Fsp3) is 0.350. The summed E-state index contributed by atoms with van der Waals surface area (Å²) in [6.07, 6.45) is 6.49. The van der Waals surface area contributed by atoms with E-state index in [2.05, 4.69) is 17.4 Å². The number of hydrogen-bond donors (Lipinski definition) is 1. The van der Waals surface area contributed by atoms with Crippen molar-refractivity contribution in [2.45, 2.75) is 42.7 Å². The number of amides is 1. The minimum Gasteiger partial charge on any atom is -0.336 e. The SMILES string of the molecule is O=C(N[C@H](SC1CCCCC1)c1ccccc1)c1ccccc1. The van der Waals surface area contributed by atoms with Crippen molar-refractivity contribution in [2.24, 2.45) is 0 Å². The maximum Gasteiger partial charge on any atom is 0.252 e. The Morgan fingerprint density at radius 3 is 2.17 bits per heavy atom. The largest absolute Gasteiger partial charge is 0.336 e. The van der Waals surface area contributed by atoms with Crippen LogP contribution in [0.2, 0.25) is 0 Å². The van der Waals surface area contributed by atoms with Crippen LogP contribution in [0, 0.1) is 0 Å². The topological polar surface area (TPSA) is 29.1 Å². The number of nitrogens with one attached hydrogen (secondary N) is 1. The van der Waals surface area contributed by atoms with Gasteiger partial charge in [0.15, 0.2) is 0 Å². The van der Waals surface area contributed by atoms with E-state index in [0.29, 0.717) is 5.25 Å². The highest BCUT2D eigenvalue weighted by Crippen LogP contribution is 2.37. The molecule has 0 bridgehead atoms. The number of carbonyl (C=O) groups is 1. The third kappa shape index (κ3) is 4.61. The molecule has 0 spiro atoms. The summed E-state index contributed by atoms with van der Waals surface area (Å²) in [5, 5.41) is 3.88.